The molecule has 1 N–H and O–H groups in total. The molecule has 0 unspecified atom stereocenters. The molecular formula is C28H28FN3O3S. The lowest BCUT2D eigenvalue weighted by Crippen LogP contribution is -2.46. The van der Waals surface area contributed by atoms with E-state index in [0.29, 0.717) is 36.1 Å². The fourth-order valence-corrected chi connectivity index (χ4v) is 4.77. The minimum absolute atomic E-state index is 0.0609. The summed E-state index contributed by atoms with van der Waals surface area (Å²) in [6.07, 6.45) is 1.52. The Morgan fingerprint density at radius 1 is 1.08 bits per heavy atom. The van der Waals surface area contributed by atoms with Crippen LogP contribution in [0.2, 0.25) is 0 Å². The molecule has 0 aromatic heterocycles. The molecule has 1 atom stereocenters. The maximum Gasteiger partial charge on any atom is 0.238 e. The lowest BCUT2D eigenvalue weighted by Gasteiger charge is -2.32. The Bertz CT molecular complexity index is 1200. The number of hydrogen-bond donors (Lipinski definition) is 1. The van der Waals surface area contributed by atoms with Crippen LogP contribution in [0.3, 0.4) is 0 Å². The van der Waals surface area contributed by atoms with Crippen molar-refractivity contribution in [1.82, 2.24) is 4.90 Å². The molecule has 1 saturated heterocycles. The maximum atomic E-state index is 13.3. The van der Waals surface area contributed by atoms with E-state index in [1.807, 2.05) is 49.4 Å². The highest BCUT2D eigenvalue weighted by Gasteiger charge is 2.35. The van der Waals surface area contributed by atoms with Crippen LogP contribution in [0.4, 0.5) is 15.8 Å². The van der Waals surface area contributed by atoms with Crippen molar-refractivity contribution in [3.8, 4) is 5.75 Å². The molecule has 4 rings (SSSR count). The Balaban J connectivity index is 1.47. The number of benzene rings is 3. The summed E-state index contributed by atoms with van der Waals surface area (Å²) in [7, 11) is 0. The summed E-state index contributed by atoms with van der Waals surface area (Å²) in [5, 5.41) is 2.76. The number of nitrogens with one attached hydrogen (secondary N) is 1. The molecule has 8 heteroatoms. The quantitative estimate of drug-likeness (QED) is 0.398. The van der Waals surface area contributed by atoms with Gasteiger partial charge >= 0.3 is 0 Å². The van der Waals surface area contributed by atoms with Gasteiger partial charge in [-0.3, -0.25) is 14.5 Å². The van der Waals surface area contributed by atoms with Crippen LogP contribution >= 0.6 is 11.8 Å². The van der Waals surface area contributed by atoms with Crippen molar-refractivity contribution < 1.29 is 18.7 Å². The van der Waals surface area contributed by atoms with E-state index < -0.39 is 5.25 Å². The van der Waals surface area contributed by atoms with Crippen molar-refractivity contribution in [3.63, 3.8) is 0 Å². The zero-order valence-electron chi connectivity index (χ0n) is 20.0. The summed E-state index contributed by atoms with van der Waals surface area (Å²) in [5.41, 5.74) is 2.25. The number of carbonyl (C=O) groups excluding carboxylic acids is 2. The number of ether oxygens (including phenoxy) is 1. The van der Waals surface area contributed by atoms with Gasteiger partial charge in [0, 0.05) is 18.7 Å². The third kappa shape index (κ3) is 6.95. The standard InChI is InChI=1S/C28H28FN3O3S/c1-2-18-35-24-14-12-23(13-15-24)30-27(34)25-19-26(33)32(17-16-20-8-10-21(29)11-9-20)28(36-25)31-22-6-4-3-5-7-22/h3-15,25H,2,16-19H2,1H3,(H,30,34)/t25-/m0/s1. The summed E-state index contributed by atoms with van der Waals surface area (Å²) >= 11 is 1.28. The minimum atomic E-state index is -0.613. The summed E-state index contributed by atoms with van der Waals surface area (Å²) in [6.45, 7) is 3.06. The molecule has 36 heavy (non-hydrogen) atoms. The van der Waals surface area contributed by atoms with Gasteiger partial charge in [-0.25, -0.2) is 9.38 Å². The molecule has 1 fully saturated rings. The molecule has 0 aliphatic carbocycles. The Morgan fingerprint density at radius 2 is 1.81 bits per heavy atom. The van der Waals surface area contributed by atoms with Crippen molar-refractivity contribution in [3.05, 3.63) is 90.2 Å². The van der Waals surface area contributed by atoms with Crippen LogP contribution in [0, 0.1) is 5.82 Å². The van der Waals surface area contributed by atoms with Gasteiger partial charge in [0.15, 0.2) is 5.17 Å². The molecule has 3 aromatic rings. The lowest BCUT2D eigenvalue weighted by molar-refractivity contribution is -0.129. The Morgan fingerprint density at radius 3 is 2.50 bits per heavy atom. The molecule has 1 aliphatic heterocycles. The van der Waals surface area contributed by atoms with E-state index in [4.69, 9.17) is 4.74 Å². The monoisotopic (exact) mass is 505 g/mol. The number of para-hydroxylation sites is 1. The number of nitrogens with zero attached hydrogens (tertiary/aromatic N) is 2. The number of carbonyl (C=O) groups is 2. The summed E-state index contributed by atoms with van der Waals surface area (Å²) in [4.78, 5) is 32.5. The zero-order chi connectivity index (χ0) is 25.3. The van der Waals surface area contributed by atoms with E-state index in [0.717, 1.165) is 17.7 Å². The van der Waals surface area contributed by atoms with Crippen molar-refractivity contribution in [2.24, 2.45) is 4.99 Å². The van der Waals surface area contributed by atoms with Gasteiger partial charge in [0.2, 0.25) is 11.8 Å². The lowest BCUT2D eigenvalue weighted by atomic mass is 10.1. The van der Waals surface area contributed by atoms with Gasteiger partial charge in [-0.15, -0.1) is 0 Å². The molecule has 0 radical (unpaired) electrons. The highest BCUT2D eigenvalue weighted by molar-refractivity contribution is 8.15. The number of aliphatic imine (C=N–C) groups is 1. The normalized spacial score (nSPS) is 16.7. The predicted molar refractivity (Wildman–Crippen MR) is 142 cm³/mol. The van der Waals surface area contributed by atoms with E-state index in [-0.39, 0.29) is 24.1 Å². The maximum absolute atomic E-state index is 13.3. The molecule has 6 nitrogen and oxygen atoms in total. The molecule has 0 bridgehead atoms. The van der Waals surface area contributed by atoms with Crippen LogP contribution in [-0.4, -0.2) is 40.3 Å². The number of thioether (sulfide) groups is 1. The molecule has 0 spiro atoms. The zero-order valence-corrected chi connectivity index (χ0v) is 20.8. The highest BCUT2D eigenvalue weighted by atomic mass is 32.2. The Kier molecular flexibility index (Phi) is 8.73. The van der Waals surface area contributed by atoms with E-state index in [2.05, 4.69) is 10.3 Å². The van der Waals surface area contributed by atoms with E-state index in [1.54, 1.807) is 29.2 Å². The molecular weight excluding hydrogens is 477 g/mol. The van der Waals surface area contributed by atoms with Crippen LogP contribution in [0.5, 0.6) is 5.75 Å². The van der Waals surface area contributed by atoms with Crippen LogP contribution in [0.15, 0.2) is 83.9 Å². The summed E-state index contributed by atoms with van der Waals surface area (Å²) in [5.74, 6) is 0.0151. The van der Waals surface area contributed by atoms with Crippen molar-refractivity contribution in [2.75, 3.05) is 18.5 Å². The second-order valence-electron chi connectivity index (χ2n) is 8.32. The third-order valence-corrected chi connectivity index (χ3v) is 6.73. The van der Waals surface area contributed by atoms with Gasteiger partial charge < -0.3 is 10.1 Å². The molecule has 186 valence electrons. The average molecular weight is 506 g/mol. The first kappa shape index (κ1) is 25.4. The van der Waals surface area contributed by atoms with Gasteiger partial charge in [-0.2, -0.15) is 0 Å². The fraction of sp³-hybridized carbons (Fsp3) is 0.250. The number of anilines is 1. The Hall–Kier alpha value is -3.65. The van der Waals surface area contributed by atoms with E-state index in [1.165, 1.54) is 23.9 Å². The first-order chi connectivity index (χ1) is 17.5. The van der Waals surface area contributed by atoms with Gasteiger partial charge in [-0.1, -0.05) is 49.0 Å². The van der Waals surface area contributed by atoms with Gasteiger partial charge in [-0.05, 0) is 66.9 Å². The number of amides is 2. The highest BCUT2D eigenvalue weighted by Crippen LogP contribution is 2.30. The first-order valence-electron chi connectivity index (χ1n) is 11.9. The van der Waals surface area contributed by atoms with Crippen LogP contribution in [0.1, 0.15) is 25.3 Å². The smallest absolute Gasteiger partial charge is 0.238 e. The van der Waals surface area contributed by atoms with Crippen molar-refractivity contribution in [2.45, 2.75) is 31.4 Å². The predicted octanol–water partition coefficient (Wildman–Crippen LogP) is 5.82. The second-order valence-corrected chi connectivity index (χ2v) is 9.49. The topological polar surface area (TPSA) is 71.0 Å². The van der Waals surface area contributed by atoms with Crippen molar-refractivity contribution in [1.29, 1.82) is 0 Å². The molecule has 2 amide bonds. The second kappa shape index (κ2) is 12.4. The third-order valence-electron chi connectivity index (χ3n) is 5.55. The Labute approximate surface area is 214 Å². The fourth-order valence-electron chi connectivity index (χ4n) is 3.64. The van der Waals surface area contributed by atoms with Crippen LogP contribution < -0.4 is 10.1 Å². The number of halogens is 1. The molecule has 0 saturated carbocycles. The number of hydrogen-bond acceptors (Lipinski definition) is 5. The van der Waals surface area contributed by atoms with Gasteiger partial charge in [0.1, 0.15) is 16.8 Å². The number of amidine groups is 1. The molecule has 1 heterocycles. The molecule has 3 aromatic carbocycles. The average Bonchev–Trinajstić information content (AvgIpc) is 2.89. The van der Waals surface area contributed by atoms with Crippen LogP contribution in [-0.2, 0) is 16.0 Å². The summed E-state index contributed by atoms with van der Waals surface area (Å²) < 4.78 is 18.8. The van der Waals surface area contributed by atoms with Crippen LogP contribution in [0.25, 0.3) is 0 Å². The molecule has 1 aliphatic rings. The number of rotatable bonds is 9. The largest absolute Gasteiger partial charge is 0.494 e. The van der Waals surface area contributed by atoms with Gasteiger partial charge in [0.25, 0.3) is 0 Å². The van der Waals surface area contributed by atoms with E-state index >= 15 is 0 Å². The SMILES string of the molecule is CCCOc1ccc(NC(=O)[C@@H]2CC(=O)N(CCc3ccc(F)cc3)C(=Nc3ccccc3)S2)cc1. The summed E-state index contributed by atoms with van der Waals surface area (Å²) in [6, 6.07) is 22.7. The first-order valence-corrected chi connectivity index (χ1v) is 12.8. The van der Waals surface area contributed by atoms with Crippen molar-refractivity contribution >= 4 is 40.1 Å². The van der Waals surface area contributed by atoms with E-state index in [9.17, 15) is 14.0 Å². The minimum Gasteiger partial charge on any atom is -0.494 e. The van der Waals surface area contributed by atoms with Gasteiger partial charge in [0.05, 0.1) is 12.3 Å².